The molecule has 0 aliphatic carbocycles. The first-order valence-corrected chi connectivity index (χ1v) is 7.31. The number of carboxylic acids is 1. The smallest absolute Gasteiger partial charge is 0.335 e. The number of benzene rings is 2. The van der Waals surface area contributed by atoms with Crippen LogP contribution in [0.4, 0.5) is 5.69 Å². The lowest BCUT2D eigenvalue weighted by atomic mass is 10.2. The summed E-state index contributed by atoms with van der Waals surface area (Å²) in [5.41, 5.74) is 2.41. The molecule has 2 aromatic carbocycles. The zero-order valence-electron chi connectivity index (χ0n) is 11.6. The lowest BCUT2D eigenvalue weighted by molar-refractivity contribution is 0.0696. The summed E-state index contributed by atoms with van der Waals surface area (Å²) in [4.78, 5) is 10.9. The molecule has 0 aliphatic heterocycles. The molecule has 2 aromatic rings. The highest BCUT2D eigenvalue weighted by Gasteiger charge is 2.03. The molecule has 5 heteroatoms. The van der Waals surface area contributed by atoms with Crippen molar-refractivity contribution in [3.05, 3.63) is 58.1 Å². The van der Waals surface area contributed by atoms with Gasteiger partial charge in [-0.05, 0) is 48.9 Å². The Bertz CT molecular complexity index is 623. The first kappa shape index (κ1) is 15.4. The van der Waals surface area contributed by atoms with E-state index >= 15 is 0 Å². The summed E-state index contributed by atoms with van der Waals surface area (Å²) in [7, 11) is 0. The molecule has 0 unspecified atom stereocenters. The van der Waals surface area contributed by atoms with Crippen molar-refractivity contribution in [2.45, 2.75) is 6.92 Å². The molecule has 0 aliphatic rings. The van der Waals surface area contributed by atoms with Gasteiger partial charge >= 0.3 is 5.97 Å². The van der Waals surface area contributed by atoms with Gasteiger partial charge in [0, 0.05) is 16.7 Å². The van der Waals surface area contributed by atoms with Crippen LogP contribution >= 0.6 is 15.9 Å². The first-order valence-electron chi connectivity index (χ1n) is 6.52. The predicted molar refractivity (Wildman–Crippen MR) is 86.3 cm³/mol. The Morgan fingerprint density at radius 2 is 2.10 bits per heavy atom. The number of hydrogen-bond donors (Lipinski definition) is 2. The molecule has 0 atom stereocenters. The van der Waals surface area contributed by atoms with E-state index in [4.69, 9.17) is 9.84 Å². The van der Waals surface area contributed by atoms with Gasteiger partial charge in [-0.15, -0.1) is 0 Å². The second-order valence-electron chi connectivity index (χ2n) is 4.63. The van der Waals surface area contributed by atoms with Gasteiger partial charge in [-0.2, -0.15) is 0 Å². The minimum Gasteiger partial charge on any atom is -0.492 e. The molecule has 0 heterocycles. The van der Waals surface area contributed by atoms with E-state index in [0.717, 1.165) is 10.2 Å². The van der Waals surface area contributed by atoms with Crippen LogP contribution in [0.1, 0.15) is 15.9 Å². The molecule has 0 bridgehead atoms. The number of carbonyl (C=O) groups is 1. The van der Waals surface area contributed by atoms with E-state index in [1.54, 1.807) is 12.1 Å². The van der Waals surface area contributed by atoms with Crippen molar-refractivity contribution >= 4 is 27.6 Å². The van der Waals surface area contributed by atoms with Gasteiger partial charge in [0.2, 0.25) is 0 Å². The van der Waals surface area contributed by atoms with E-state index in [1.807, 2.05) is 19.1 Å². The van der Waals surface area contributed by atoms with Crippen molar-refractivity contribution in [3.8, 4) is 5.75 Å². The van der Waals surface area contributed by atoms with E-state index < -0.39 is 5.97 Å². The van der Waals surface area contributed by atoms with Gasteiger partial charge in [0.25, 0.3) is 0 Å². The zero-order chi connectivity index (χ0) is 15.2. The quantitative estimate of drug-likeness (QED) is 0.775. The maximum absolute atomic E-state index is 10.9. The van der Waals surface area contributed by atoms with Gasteiger partial charge in [-0.1, -0.05) is 22.0 Å². The maximum atomic E-state index is 10.9. The highest BCUT2D eigenvalue weighted by molar-refractivity contribution is 9.10. The first-order chi connectivity index (χ1) is 10.0. The third-order valence-electron chi connectivity index (χ3n) is 2.82. The molecule has 0 saturated carbocycles. The molecule has 0 aromatic heterocycles. The Kier molecular flexibility index (Phi) is 5.22. The Labute approximate surface area is 131 Å². The van der Waals surface area contributed by atoms with Gasteiger partial charge in [-0.3, -0.25) is 0 Å². The van der Waals surface area contributed by atoms with E-state index in [1.165, 1.54) is 17.7 Å². The average molecular weight is 350 g/mol. The Morgan fingerprint density at radius 1 is 1.29 bits per heavy atom. The molecule has 0 radical (unpaired) electrons. The second kappa shape index (κ2) is 7.13. The van der Waals surface area contributed by atoms with Crippen molar-refractivity contribution < 1.29 is 14.6 Å². The van der Waals surface area contributed by atoms with Crippen molar-refractivity contribution in [3.63, 3.8) is 0 Å². The van der Waals surface area contributed by atoms with Crippen LogP contribution < -0.4 is 10.1 Å². The molecule has 21 heavy (non-hydrogen) atoms. The lowest BCUT2D eigenvalue weighted by Gasteiger charge is -2.10. The van der Waals surface area contributed by atoms with Crippen LogP contribution in [0, 0.1) is 6.92 Å². The Morgan fingerprint density at radius 3 is 2.81 bits per heavy atom. The third-order valence-corrected chi connectivity index (χ3v) is 3.28. The van der Waals surface area contributed by atoms with Crippen molar-refractivity contribution in [2.75, 3.05) is 18.5 Å². The Balaban J connectivity index is 1.84. The lowest BCUT2D eigenvalue weighted by Crippen LogP contribution is -2.11. The minimum atomic E-state index is -0.955. The number of rotatable bonds is 6. The Hall–Kier alpha value is -2.01. The number of aryl methyl sites for hydroxylation is 1. The van der Waals surface area contributed by atoms with Crippen LogP contribution in [-0.4, -0.2) is 24.2 Å². The fourth-order valence-corrected chi connectivity index (χ4v) is 2.53. The maximum Gasteiger partial charge on any atom is 0.335 e. The third kappa shape index (κ3) is 4.79. The molecule has 110 valence electrons. The molecular formula is C16H16BrNO3. The van der Waals surface area contributed by atoms with Crippen LogP contribution in [0.25, 0.3) is 0 Å². The minimum absolute atomic E-state index is 0.225. The van der Waals surface area contributed by atoms with Gasteiger partial charge < -0.3 is 15.2 Å². The number of halogens is 1. The molecule has 2 rings (SSSR count). The number of aromatic carboxylic acids is 1. The highest BCUT2D eigenvalue weighted by atomic mass is 79.9. The molecule has 0 fully saturated rings. The summed E-state index contributed by atoms with van der Waals surface area (Å²) < 4.78 is 6.57. The standard InChI is InChI=1S/C16H16BrNO3/c1-11-7-13(17)10-14(8-11)18-5-6-21-15-4-2-3-12(9-15)16(19)20/h2-4,7-10,18H,5-6H2,1H3,(H,19,20). The summed E-state index contributed by atoms with van der Waals surface area (Å²) in [6.45, 7) is 3.12. The van der Waals surface area contributed by atoms with Gasteiger partial charge in [0.15, 0.2) is 0 Å². The van der Waals surface area contributed by atoms with Crippen LogP contribution in [-0.2, 0) is 0 Å². The van der Waals surface area contributed by atoms with Crippen LogP contribution in [0.3, 0.4) is 0 Å². The predicted octanol–water partition coefficient (Wildman–Crippen LogP) is 3.95. The molecule has 0 saturated heterocycles. The molecule has 0 amide bonds. The molecule has 4 nitrogen and oxygen atoms in total. The van der Waals surface area contributed by atoms with E-state index in [-0.39, 0.29) is 5.56 Å². The number of hydrogen-bond acceptors (Lipinski definition) is 3. The summed E-state index contributed by atoms with van der Waals surface area (Å²) >= 11 is 3.45. The van der Waals surface area contributed by atoms with Crippen LogP contribution in [0.2, 0.25) is 0 Å². The van der Waals surface area contributed by atoms with E-state index in [9.17, 15) is 4.79 Å². The van der Waals surface area contributed by atoms with Gasteiger partial charge in [-0.25, -0.2) is 4.79 Å². The van der Waals surface area contributed by atoms with Gasteiger partial charge in [0.05, 0.1) is 5.56 Å². The number of ether oxygens (including phenoxy) is 1. The van der Waals surface area contributed by atoms with Gasteiger partial charge in [0.1, 0.15) is 12.4 Å². The summed E-state index contributed by atoms with van der Waals surface area (Å²) in [5, 5.41) is 12.2. The summed E-state index contributed by atoms with van der Waals surface area (Å²) in [6, 6.07) is 12.6. The van der Waals surface area contributed by atoms with Crippen molar-refractivity contribution in [2.24, 2.45) is 0 Å². The van der Waals surface area contributed by atoms with E-state index in [2.05, 4.69) is 27.3 Å². The summed E-state index contributed by atoms with van der Waals surface area (Å²) in [5.74, 6) is -0.398. The highest BCUT2D eigenvalue weighted by Crippen LogP contribution is 2.19. The number of nitrogens with one attached hydrogen (secondary N) is 1. The van der Waals surface area contributed by atoms with E-state index in [0.29, 0.717) is 18.9 Å². The average Bonchev–Trinajstić information content (AvgIpc) is 2.43. The topological polar surface area (TPSA) is 58.6 Å². The number of anilines is 1. The zero-order valence-corrected chi connectivity index (χ0v) is 13.2. The van der Waals surface area contributed by atoms with Crippen LogP contribution in [0.5, 0.6) is 5.75 Å². The molecular weight excluding hydrogens is 334 g/mol. The fraction of sp³-hybridized carbons (Fsp3) is 0.188. The van der Waals surface area contributed by atoms with Crippen molar-refractivity contribution in [1.82, 2.24) is 0 Å². The summed E-state index contributed by atoms with van der Waals surface area (Å²) in [6.07, 6.45) is 0. The molecule has 2 N–H and O–H groups in total. The second-order valence-corrected chi connectivity index (χ2v) is 5.54. The normalized spacial score (nSPS) is 10.2. The largest absolute Gasteiger partial charge is 0.492 e. The monoisotopic (exact) mass is 349 g/mol. The van der Waals surface area contributed by atoms with Crippen molar-refractivity contribution in [1.29, 1.82) is 0 Å². The molecule has 0 spiro atoms. The number of carboxylic acid groups (broad SMARTS) is 1. The van der Waals surface area contributed by atoms with Crippen LogP contribution in [0.15, 0.2) is 46.9 Å². The fourth-order valence-electron chi connectivity index (χ4n) is 1.92. The SMILES string of the molecule is Cc1cc(Br)cc(NCCOc2cccc(C(=O)O)c2)c1.